The monoisotopic (exact) mass is 228 g/mol. The molecule has 0 aromatic heterocycles. The molecule has 96 valence electrons. The van der Waals surface area contributed by atoms with Crippen LogP contribution in [0, 0.1) is 0 Å². The van der Waals surface area contributed by atoms with Gasteiger partial charge in [-0.3, -0.25) is 4.90 Å². The molecule has 0 radical (unpaired) electrons. The number of rotatable bonds is 7. The van der Waals surface area contributed by atoms with Gasteiger partial charge in [0.15, 0.2) is 0 Å². The van der Waals surface area contributed by atoms with E-state index in [4.69, 9.17) is 4.74 Å². The largest absolute Gasteiger partial charge is 0.377 e. The molecule has 1 aliphatic heterocycles. The maximum absolute atomic E-state index is 5.87. The van der Waals surface area contributed by atoms with Crippen LogP contribution >= 0.6 is 0 Å². The van der Waals surface area contributed by atoms with E-state index in [1.165, 1.54) is 25.8 Å². The molecule has 0 spiro atoms. The predicted octanol–water partition coefficient (Wildman–Crippen LogP) is 1.88. The lowest BCUT2D eigenvalue weighted by molar-refractivity contribution is -0.0126. The van der Waals surface area contributed by atoms with Crippen molar-refractivity contribution < 1.29 is 4.74 Å². The second-order valence-electron chi connectivity index (χ2n) is 4.75. The van der Waals surface area contributed by atoms with Gasteiger partial charge in [0.2, 0.25) is 0 Å². The Morgan fingerprint density at radius 1 is 1.44 bits per heavy atom. The van der Waals surface area contributed by atoms with Crippen LogP contribution in [0.25, 0.3) is 0 Å². The van der Waals surface area contributed by atoms with E-state index in [2.05, 4.69) is 24.1 Å². The average Bonchev–Trinajstić information content (AvgIpc) is 2.33. The molecule has 0 amide bonds. The van der Waals surface area contributed by atoms with Crippen LogP contribution in [0.2, 0.25) is 0 Å². The molecule has 0 bridgehead atoms. The van der Waals surface area contributed by atoms with Gasteiger partial charge in [0.05, 0.1) is 6.10 Å². The Morgan fingerprint density at radius 2 is 2.25 bits per heavy atom. The third kappa shape index (κ3) is 4.40. The summed E-state index contributed by atoms with van der Waals surface area (Å²) in [6.45, 7) is 8.83. The Morgan fingerprint density at radius 3 is 2.88 bits per heavy atom. The summed E-state index contributed by atoms with van der Waals surface area (Å²) in [7, 11) is 2.04. The van der Waals surface area contributed by atoms with Crippen LogP contribution in [-0.4, -0.2) is 50.3 Å². The zero-order valence-electron chi connectivity index (χ0n) is 11.2. The van der Waals surface area contributed by atoms with Crippen molar-refractivity contribution in [3.8, 4) is 0 Å². The van der Waals surface area contributed by atoms with E-state index >= 15 is 0 Å². The highest BCUT2D eigenvalue weighted by molar-refractivity contribution is 4.80. The molecule has 2 unspecified atom stereocenters. The lowest BCUT2D eigenvalue weighted by atomic mass is 10.0. The Hall–Kier alpha value is -0.120. The second-order valence-corrected chi connectivity index (χ2v) is 4.75. The summed E-state index contributed by atoms with van der Waals surface area (Å²) < 4.78 is 5.87. The number of hydrogen-bond donors (Lipinski definition) is 1. The van der Waals surface area contributed by atoms with Crippen LogP contribution in [-0.2, 0) is 4.74 Å². The molecular weight excluding hydrogens is 200 g/mol. The van der Waals surface area contributed by atoms with Gasteiger partial charge in [-0.15, -0.1) is 0 Å². The summed E-state index contributed by atoms with van der Waals surface area (Å²) in [5.74, 6) is 0. The number of nitrogens with one attached hydrogen (secondary N) is 1. The highest BCUT2D eigenvalue weighted by Gasteiger charge is 2.24. The van der Waals surface area contributed by atoms with Crippen molar-refractivity contribution in [3.05, 3.63) is 0 Å². The van der Waals surface area contributed by atoms with Crippen molar-refractivity contribution >= 4 is 0 Å². The summed E-state index contributed by atoms with van der Waals surface area (Å²) in [5, 5.41) is 3.29. The van der Waals surface area contributed by atoms with Gasteiger partial charge in [0.1, 0.15) is 0 Å². The molecule has 1 heterocycles. The van der Waals surface area contributed by atoms with Crippen LogP contribution < -0.4 is 5.32 Å². The topological polar surface area (TPSA) is 24.5 Å². The minimum atomic E-state index is 0.472. The first kappa shape index (κ1) is 13.9. The van der Waals surface area contributed by atoms with E-state index in [1.54, 1.807) is 0 Å². The van der Waals surface area contributed by atoms with E-state index in [9.17, 15) is 0 Å². The van der Waals surface area contributed by atoms with E-state index in [0.29, 0.717) is 12.1 Å². The number of hydrogen-bond acceptors (Lipinski definition) is 3. The summed E-state index contributed by atoms with van der Waals surface area (Å²) in [6, 6.07) is 0.679. The first-order valence-corrected chi connectivity index (χ1v) is 6.82. The highest BCUT2D eigenvalue weighted by atomic mass is 16.5. The summed E-state index contributed by atoms with van der Waals surface area (Å²) in [4.78, 5) is 2.60. The quantitative estimate of drug-likeness (QED) is 0.720. The first-order chi connectivity index (χ1) is 7.81. The Bertz CT molecular complexity index is 175. The zero-order chi connectivity index (χ0) is 11.8. The van der Waals surface area contributed by atoms with Crippen molar-refractivity contribution in [2.75, 3.05) is 33.3 Å². The Labute approximate surface area is 101 Å². The maximum atomic E-state index is 5.87. The fourth-order valence-corrected chi connectivity index (χ4v) is 2.49. The molecule has 16 heavy (non-hydrogen) atoms. The summed E-state index contributed by atoms with van der Waals surface area (Å²) in [5.41, 5.74) is 0. The molecule has 1 fully saturated rings. The molecule has 1 saturated heterocycles. The van der Waals surface area contributed by atoms with Crippen molar-refractivity contribution in [2.24, 2.45) is 0 Å². The van der Waals surface area contributed by atoms with Crippen LogP contribution in [0.3, 0.4) is 0 Å². The fourth-order valence-electron chi connectivity index (χ4n) is 2.49. The minimum absolute atomic E-state index is 0.472. The molecular formula is C13H28N2O. The molecule has 3 heteroatoms. The van der Waals surface area contributed by atoms with Gasteiger partial charge < -0.3 is 10.1 Å². The predicted molar refractivity (Wildman–Crippen MR) is 68.8 cm³/mol. The number of likely N-dealkylation sites (N-methyl/N-ethyl adjacent to an activating group) is 1. The van der Waals surface area contributed by atoms with Gasteiger partial charge in [-0.25, -0.2) is 0 Å². The molecule has 3 nitrogen and oxygen atoms in total. The van der Waals surface area contributed by atoms with E-state index < -0.39 is 0 Å². The second kappa shape index (κ2) is 8.04. The van der Waals surface area contributed by atoms with Gasteiger partial charge in [0.25, 0.3) is 0 Å². The molecule has 0 saturated carbocycles. The van der Waals surface area contributed by atoms with Crippen LogP contribution in [0.15, 0.2) is 0 Å². The van der Waals surface area contributed by atoms with Crippen molar-refractivity contribution in [1.82, 2.24) is 10.2 Å². The standard InChI is InChI=1S/C13H28N2O/c1-4-9-16-13-7-6-8-15(11-13)12(5-2)10-14-3/h12-14H,4-11H2,1-3H3. The number of likely N-dealkylation sites (tertiary alicyclic amines) is 1. The van der Waals surface area contributed by atoms with Crippen LogP contribution in [0.5, 0.6) is 0 Å². The van der Waals surface area contributed by atoms with Gasteiger partial charge in [0, 0.05) is 25.7 Å². The van der Waals surface area contributed by atoms with Crippen LogP contribution in [0.4, 0.5) is 0 Å². The molecule has 1 rings (SSSR count). The van der Waals surface area contributed by atoms with E-state index in [-0.39, 0.29) is 0 Å². The molecule has 0 aromatic rings. The Balaban J connectivity index is 2.35. The summed E-state index contributed by atoms with van der Waals surface area (Å²) in [6.07, 6.45) is 5.35. The van der Waals surface area contributed by atoms with Crippen LogP contribution in [0.1, 0.15) is 39.5 Å². The zero-order valence-corrected chi connectivity index (χ0v) is 11.2. The summed E-state index contributed by atoms with van der Waals surface area (Å²) >= 11 is 0. The maximum Gasteiger partial charge on any atom is 0.0702 e. The molecule has 1 aliphatic rings. The van der Waals surface area contributed by atoms with Crippen molar-refractivity contribution in [3.63, 3.8) is 0 Å². The molecule has 0 aliphatic carbocycles. The number of piperidine rings is 1. The lowest BCUT2D eigenvalue weighted by Gasteiger charge is -2.37. The van der Waals surface area contributed by atoms with Crippen molar-refractivity contribution in [2.45, 2.75) is 51.7 Å². The van der Waals surface area contributed by atoms with E-state index in [1.807, 2.05) is 7.05 Å². The van der Waals surface area contributed by atoms with E-state index in [0.717, 1.165) is 26.1 Å². The van der Waals surface area contributed by atoms with Gasteiger partial charge in [-0.2, -0.15) is 0 Å². The molecule has 2 atom stereocenters. The normalized spacial score (nSPS) is 24.6. The third-order valence-electron chi connectivity index (χ3n) is 3.39. The molecule has 1 N–H and O–H groups in total. The van der Waals surface area contributed by atoms with Gasteiger partial charge in [-0.1, -0.05) is 13.8 Å². The number of nitrogens with zero attached hydrogens (tertiary/aromatic N) is 1. The fraction of sp³-hybridized carbons (Fsp3) is 1.00. The Kier molecular flexibility index (Phi) is 7.01. The van der Waals surface area contributed by atoms with Gasteiger partial charge in [-0.05, 0) is 39.3 Å². The van der Waals surface area contributed by atoms with Gasteiger partial charge >= 0.3 is 0 Å². The van der Waals surface area contributed by atoms with Crippen molar-refractivity contribution in [1.29, 1.82) is 0 Å². The lowest BCUT2D eigenvalue weighted by Crippen LogP contribution is -2.48. The average molecular weight is 228 g/mol. The highest BCUT2D eigenvalue weighted by Crippen LogP contribution is 2.17. The first-order valence-electron chi connectivity index (χ1n) is 6.82. The minimum Gasteiger partial charge on any atom is -0.377 e. The number of ether oxygens (including phenoxy) is 1. The SMILES string of the molecule is CCCOC1CCCN(C(CC)CNC)C1. The smallest absolute Gasteiger partial charge is 0.0702 e. The third-order valence-corrected chi connectivity index (χ3v) is 3.39. The molecule has 0 aromatic carbocycles.